The van der Waals surface area contributed by atoms with Gasteiger partial charge in [0, 0.05) is 6.54 Å². The van der Waals surface area contributed by atoms with Gasteiger partial charge in [-0.15, -0.1) is 0 Å². The maximum Gasteiger partial charge on any atom is 0.341 e. The van der Waals surface area contributed by atoms with Crippen molar-refractivity contribution in [1.29, 1.82) is 0 Å². The molecular weight excluding hydrogens is 387 g/mol. The van der Waals surface area contributed by atoms with E-state index in [0.29, 0.717) is 13.0 Å². The van der Waals surface area contributed by atoms with Gasteiger partial charge in [0.25, 0.3) is 0 Å². The summed E-state index contributed by atoms with van der Waals surface area (Å²) < 4.78 is 6.80. The number of nitrogens with zero attached hydrogens (tertiary/aromatic N) is 1. The van der Waals surface area contributed by atoms with E-state index in [0.717, 1.165) is 11.0 Å². The van der Waals surface area contributed by atoms with Crippen LogP contribution in [0.4, 0.5) is 0 Å². The second kappa shape index (κ2) is 7.52. The number of aryl methyl sites for hydroxylation is 1. The fourth-order valence-corrected chi connectivity index (χ4v) is 3.19. The average molecular weight is 400 g/mol. The molecule has 1 aromatic heterocycles. The van der Waals surface area contributed by atoms with Gasteiger partial charge in [0.15, 0.2) is 0 Å². The summed E-state index contributed by atoms with van der Waals surface area (Å²) in [6.45, 7) is 0.525. The molecule has 2 aromatic carbocycles. The van der Waals surface area contributed by atoms with E-state index in [4.69, 9.17) is 39.5 Å². The van der Waals surface area contributed by atoms with Crippen LogP contribution in [0.15, 0.2) is 41.2 Å². The topological polar surface area (TPSA) is 64.1 Å². The fourth-order valence-electron chi connectivity index (χ4n) is 2.50. The molecule has 0 amide bonds. The highest BCUT2D eigenvalue weighted by molar-refractivity contribution is 6.46. The molecule has 0 bridgehead atoms. The van der Waals surface area contributed by atoms with Gasteiger partial charge in [-0.3, -0.25) is 4.57 Å². The second-order valence-electron chi connectivity index (χ2n) is 5.31. The molecule has 0 spiro atoms. The van der Waals surface area contributed by atoms with Crippen LogP contribution in [0.3, 0.4) is 0 Å². The Morgan fingerprint density at radius 1 is 1.08 bits per heavy atom. The first-order chi connectivity index (χ1) is 12.0. The Morgan fingerprint density at radius 3 is 2.60 bits per heavy atom. The Kier molecular flexibility index (Phi) is 5.37. The zero-order valence-corrected chi connectivity index (χ0v) is 15.2. The average Bonchev–Trinajstić information content (AvgIpc) is 2.91. The molecule has 130 valence electrons. The van der Waals surface area contributed by atoms with Crippen LogP contribution < -0.4 is 5.69 Å². The number of benzene rings is 2. The number of nitrogens with one attached hydrogen (secondary N) is 1. The number of H-pyrrole nitrogens is 1. The molecule has 0 saturated carbocycles. The molecule has 1 N–H and O–H groups in total. The van der Waals surface area contributed by atoms with Gasteiger partial charge in [-0.05, 0) is 30.7 Å². The summed E-state index contributed by atoms with van der Waals surface area (Å²) in [6, 6.07) is 10.4. The predicted octanol–water partition coefficient (Wildman–Crippen LogP) is 4.54. The molecule has 0 aliphatic rings. The van der Waals surface area contributed by atoms with E-state index in [9.17, 15) is 9.59 Å². The van der Waals surface area contributed by atoms with Crippen LogP contribution in [0.2, 0.25) is 15.1 Å². The zero-order valence-electron chi connectivity index (χ0n) is 12.9. The predicted molar refractivity (Wildman–Crippen MR) is 98.9 cm³/mol. The van der Waals surface area contributed by atoms with Crippen LogP contribution in [-0.4, -0.2) is 22.1 Å². The summed E-state index contributed by atoms with van der Waals surface area (Å²) in [5.74, 6) is -0.649. The Hall–Kier alpha value is -1.95. The van der Waals surface area contributed by atoms with E-state index in [1.807, 2.05) is 24.3 Å². The van der Waals surface area contributed by atoms with Crippen molar-refractivity contribution >= 4 is 51.8 Å². The third-order valence-electron chi connectivity index (χ3n) is 3.69. The van der Waals surface area contributed by atoms with E-state index < -0.39 is 5.97 Å². The third kappa shape index (κ3) is 3.68. The lowest BCUT2D eigenvalue weighted by Gasteiger charge is -2.09. The van der Waals surface area contributed by atoms with Gasteiger partial charge in [0.2, 0.25) is 0 Å². The molecule has 0 saturated heterocycles. The van der Waals surface area contributed by atoms with Crippen molar-refractivity contribution in [1.82, 2.24) is 9.55 Å². The first-order valence-electron chi connectivity index (χ1n) is 7.47. The van der Waals surface area contributed by atoms with Crippen molar-refractivity contribution in [2.45, 2.75) is 13.0 Å². The smallest absolute Gasteiger partial charge is 0.341 e. The lowest BCUT2D eigenvalue weighted by molar-refractivity contribution is 0.0496. The van der Waals surface area contributed by atoms with Crippen molar-refractivity contribution in [2.24, 2.45) is 0 Å². The first kappa shape index (κ1) is 17.9. The minimum Gasteiger partial charge on any atom is -0.462 e. The number of carbonyl (C=O) groups excluding carboxylic acids is 1. The minimum atomic E-state index is -0.649. The van der Waals surface area contributed by atoms with E-state index in [1.165, 1.54) is 12.1 Å². The minimum absolute atomic E-state index is 0.0418. The second-order valence-corrected chi connectivity index (χ2v) is 6.50. The monoisotopic (exact) mass is 398 g/mol. The molecule has 1 heterocycles. The quantitative estimate of drug-likeness (QED) is 0.389. The molecule has 0 radical (unpaired) electrons. The first-order valence-corrected chi connectivity index (χ1v) is 8.60. The van der Waals surface area contributed by atoms with E-state index >= 15 is 0 Å². The number of para-hydroxylation sites is 2. The summed E-state index contributed by atoms with van der Waals surface area (Å²) in [7, 11) is 0. The van der Waals surface area contributed by atoms with Gasteiger partial charge < -0.3 is 9.72 Å². The van der Waals surface area contributed by atoms with Crippen molar-refractivity contribution in [2.75, 3.05) is 6.61 Å². The molecule has 0 atom stereocenters. The number of esters is 1. The molecule has 0 unspecified atom stereocenters. The lowest BCUT2D eigenvalue weighted by Crippen LogP contribution is -2.18. The highest BCUT2D eigenvalue weighted by atomic mass is 35.5. The number of fused-ring (bicyclic) bond motifs is 1. The van der Waals surface area contributed by atoms with Crippen LogP contribution in [0, 0.1) is 0 Å². The summed E-state index contributed by atoms with van der Waals surface area (Å²) >= 11 is 17.9. The maximum absolute atomic E-state index is 12.2. The summed E-state index contributed by atoms with van der Waals surface area (Å²) in [4.78, 5) is 26.9. The Bertz CT molecular complexity index is 994. The number of rotatable bonds is 5. The number of aromatic nitrogens is 2. The summed E-state index contributed by atoms with van der Waals surface area (Å²) in [6.07, 6.45) is 0.462. The van der Waals surface area contributed by atoms with Crippen LogP contribution >= 0.6 is 34.8 Å². The van der Waals surface area contributed by atoms with E-state index in [1.54, 1.807) is 4.57 Å². The molecule has 0 aliphatic heterocycles. The molecule has 0 aliphatic carbocycles. The molecule has 5 nitrogen and oxygen atoms in total. The molecule has 25 heavy (non-hydrogen) atoms. The maximum atomic E-state index is 12.2. The molecule has 8 heteroatoms. The highest BCUT2D eigenvalue weighted by Crippen LogP contribution is 2.31. The van der Waals surface area contributed by atoms with Gasteiger partial charge in [-0.25, -0.2) is 9.59 Å². The Balaban J connectivity index is 1.64. The van der Waals surface area contributed by atoms with Crippen molar-refractivity contribution in [3.05, 3.63) is 67.5 Å². The van der Waals surface area contributed by atoms with Crippen molar-refractivity contribution in [3.63, 3.8) is 0 Å². The van der Waals surface area contributed by atoms with E-state index in [-0.39, 0.29) is 32.9 Å². The van der Waals surface area contributed by atoms with Crippen molar-refractivity contribution < 1.29 is 9.53 Å². The van der Waals surface area contributed by atoms with Gasteiger partial charge in [0.05, 0.1) is 38.3 Å². The van der Waals surface area contributed by atoms with Crippen LogP contribution in [0.25, 0.3) is 11.0 Å². The number of halogens is 3. The zero-order chi connectivity index (χ0) is 18.0. The van der Waals surface area contributed by atoms with Gasteiger partial charge >= 0.3 is 11.7 Å². The van der Waals surface area contributed by atoms with Crippen molar-refractivity contribution in [3.8, 4) is 0 Å². The third-order valence-corrected chi connectivity index (χ3v) is 4.81. The standard InChI is InChI=1S/C17H13Cl3N2O3/c18-10-6-7-11(19)15(20)14(10)16(23)25-9-3-8-22-13-5-2-1-4-12(13)21-17(22)24/h1-2,4-7H,3,8-9H2,(H,21,24). The highest BCUT2D eigenvalue weighted by Gasteiger charge is 2.18. The van der Waals surface area contributed by atoms with Gasteiger partial charge in [-0.2, -0.15) is 0 Å². The molecule has 3 aromatic rings. The summed E-state index contributed by atoms with van der Waals surface area (Å²) in [5, 5.41) is 0.461. The number of hydrogen-bond donors (Lipinski definition) is 1. The van der Waals surface area contributed by atoms with E-state index in [2.05, 4.69) is 4.98 Å². The number of hydrogen-bond acceptors (Lipinski definition) is 3. The Morgan fingerprint density at radius 2 is 1.80 bits per heavy atom. The Labute approximate surface area is 158 Å². The lowest BCUT2D eigenvalue weighted by atomic mass is 10.2. The summed E-state index contributed by atoms with van der Waals surface area (Å²) in [5.41, 5.74) is 1.41. The normalized spacial score (nSPS) is 11.0. The van der Waals surface area contributed by atoms with Crippen LogP contribution in [0.5, 0.6) is 0 Å². The van der Waals surface area contributed by atoms with Gasteiger partial charge in [0.1, 0.15) is 0 Å². The largest absolute Gasteiger partial charge is 0.462 e. The molecular formula is C17H13Cl3N2O3. The van der Waals surface area contributed by atoms with Gasteiger partial charge in [-0.1, -0.05) is 46.9 Å². The molecule has 0 fully saturated rings. The number of carbonyl (C=O) groups is 1. The number of aromatic amines is 1. The van der Waals surface area contributed by atoms with Crippen LogP contribution in [0.1, 0.15) is 16.8 Å². The SMILES string of the molecule is O=C(OCCCn1c(=O)[nH]c2ccccc21)c1c(Cl)ccc(Cl)c1Cl. The van der Waals surface area contributed by atoms with Crippen LogP contribution in [-0.2, 0) is 11.3 Å². The molecule has 3 rings (SSSR count). The number of imidazole rings is 1. The fraction of sp³-hybridized carbons (Fsp3) is 0.176. The number of ether oxygens (including phenoxy) is 1.